The van der Waals surface area contributed by atoms with Crippen LogP contribution in [0.2, 0.25) is 5.02 Å². The zero-order valence-electron chi connectivity index (χ0n) is 14.3. The average Bonchev–Trinajstić information content (AvgIpc) is 3.05. The van der Waals surface area contributed by atoms with Crippen molar-refractivity contribution in [2.45, 2.75) is 30.8 Å². The van der Waals surface area contributed by atoms with Gasteiger partial charge in [-0.2, -0.15) is 0 Å². The van der Waals surface area contributed by atoms with Crippen molar-refractivity contribution in [2.75, 3.05) is 26.3 Å². The molecule has 134 valence electrons. The Bertz CT molecular complexity index is 729. The second-order valence-corrected chi connectivity index (χ2v) is 7.50. The van der Waals surface area contributed by atoms with Crippen LogP contribution < -0.4 is 0 Å². The van der Waals surface area contributed by atoms with E-state index in [1.807, 2.05) is 47.6 Å². The average molecular weight is 381 g/mol. The highest BCUT2D eigenvalue weighted by Gasteiger charge is 2.25. The second-order valence-electron chi connectivity index (χ2n) is 5.76. The van der Waals surface area contributed by atoms with Crippen molar-refractivity contribution in [3.8, 4) is 11.4 Å². The molecule has 25 heavy (non-hydrogen) atoms. The SMILES string of the molecule is CCn1c(SC(C)C(=O)N2CCOCC2)nnc1-c1ccc(Cl)cc1. The first-order chi connectivity index (χ1) is 12.1. The van der Waals surface area contributed by atoms with E-state index in [2.05, 4.69) is 10.2 Å². The summed E-state index contributed by atoms with van der Waals surface area (Å²) in [6, 6.07) is 7.52. The van der Waals surface area contributed by atoms with Crippen molar-refractivity contribution in [1.82, 2.24) is 19.7 Å². The monoisotopic (exact) mass is 380 g/mol. The number of amides is 1. The molecule has 2 heterocycles. The third kappa shape index (κ3) is 4.16. The lowest BCUT2D eigenvalue weighted by molar-refractivity contribution is -0.134. The smallest absolute Gasteiger partial charge is 0.236 e. The van der Waals surface area contributed by atoms with Crippen LogP contribution in [0.5, 0.6) is 0 Å². The van der Waals surface area contributed by atoms with Gasteiger partial charge in [0.1, 0.15) is 0 Å². The Kier molecular flexibility index (Phi) is 5.98. The maximum absolute atomic E-state index is 12.6. The molecule has 0 bridgehead atoms. The van der Waals surface area contributed by atoms with E-state index in [9.17, 15) is 4.79 Å². The van der Waals surface area contributed by atoms with Gasteiger partial charge in [-0.1, -0.05) is 23.4 Å². The molecule has 1 unspecified atom stereocenters. The first-order valence-electron chi connectivity index (χ1n) is 8.32. The highest BCUT2D eigenvalue weighted by atomic mass is 35.5. The Labute approximate surface area is 156 Å². The van der Waals surface area contributed by atoms with E-state index < -0.39 is 0 Å². The van der Waals surface area contributed by atoms with Crippen LogP contribution in [-0.4, -0.2) is 57.1 Å². The maximum Gasteiger partial charge on any atom is 0.236 e. The number of carbonyl (C=O) groups excluding carboxylic acids is 1. The number of morpholine rings is 1. The molecule has 0 saturated carbocycles. The van der Waals surface area contributed by atoms with E-state index in [4.69, 9.17) is 16.3 Å². The molecule has 1 saturated heterocycles. The number of nitrogens with zero attached hydrogens (tertiary/aromatic N) is 4. The summed E-state index contributed by atoms with van der Waals surface area (Å²) in [4.78, 5) is 14.4. The molecule has 8 heteroatoms. The van der Waals surface area contributed by atoms with Crippen LogP contribution in [0.3, 0.4) is 0 Å². The molecule has 0 spiro atoms. The van der Waals surface area contributed by atoms with Gasteiger partial charge < -0.3 is 14.2 Å². The van der Waals surface area contributed by atoms with E-state index in [-0.39, 0.29) is 11.2 Å². The molecule has 6 nitrogen and oxygen atoms in total. The fraction of sp³-hybridized carbons (Fsp3) is 0.471. The summed E-state index contributed by atoms with van der Waals surface area (Å²) in [6.07, 6.45) is 0. The number of rotatable bonds is 5. The summed E-state index contributed by atoms with van der Waals surface area (Å²) >= 11 is 7.40. The highest BCUT2D eigenvalue weighted by Crippen LogP contribution is 2.28. The molecule has 1 aromatic heterocycles. The quantitative estimate of drug-likeness (QED) is 0.746. The first-order valence-corrected chi connectivity index (χ1v) is 9.58. The molecular formula is C17H21ClN4O2S. The first kappa shape index (κ1) is 18.2. The third-order valence-electron chi connectivity index (χ3n) is 4.09. The lowest BCUT2D eigenvalue weighted by Crippen LogP contribution is -2.44. The van der Waals surface area contributed by atoms with Crippen molar-refractivity contribution in [2.24, 2.45) is 0 Å². The van der Waals surface area contributed by atoms with Crippen molar-refractivity contribution < 1.29 is 9.53 Å². The fourth-order valence-corrected chi connectivity index (χ4v) is 3.85. The van der Waals surface area contributed by atoms with Crippen molar-refractivity contribution in [3.05, 3.63) is 29.3 Å². The standard InChI is InChI=1S/C17H21ClN4O2S/c1-3-22-15(13-4-6-14(18)7-5-13)19-20-17(22)25-12(2)16(23)21-8-10-24-11-9-21/h4-7,12H,3,8-11H2,1-2H3. The minimum Gasteiger partial charge on any atom is -0.378 e. The number of thioether (sulfide) groups is 1. The molecule has 1 aromatic carbocycles. The lowest BCUT2D eigenvalue weighted by Gasteiger charge is -2.28. The van der Waals surface area contributed by atoms with Gasteiger partial charge in [0.05, 0.1) is 18.5 Å². The summed E-state index contributed by atoms with van der Waals surface area (Å²) in [5.74, 6) is 0.902. The van der Waals surface area contributed by atoms with Gasteiger partial charge in [0.2, 0.25) is 5.91 Å². The minimum absolute atomic E-state index is 0.118. The predicted molar refractivity (Wildman–Crippen MR) is 98.9 cm³/mol. The van der Waals surface area contributed by atoms with Gasteiger partial charge >= 0.3 is 0 Å². The van der Waals surface area contributed by atoms with Crippen LogP contribution in [0, 0.1) is 0 Å². The maximum atomic E-state index is 12.6. The largest absolute Gasteiger partial charge is 0.378 e. The number of aromatic nitrogens is 3. The van der Waals surface area contributed by atoms with Gasteiger partial charge in [0.15, 0.2) is 11.0 Å². The van der Waals surface area contributed by atoms with Crippen molar-refractivity contribution in [3.63, 3.8) is 0 Å². The number of hydrogen-bond acceptors (Lipinski definition) is 5. The molecular weight excluding hydrogens is 360 g/mol. The summed E-state index contributed by atoms with van der Waals surface area (Å²) in [7, 11) is 0. The Hall–Kier alpha value is -1.57. The van der Waals surface area contributed by atoms with E-state index in [1.165, 1.54) is 11.8 Å². The molecule has 1 atom stereocenters. The Balaban J connectivity index is 1.76. The molecule has 1 aliphatic rings. The van der Waals surface area contributed by atoms with Crippen molar-refractivity contribution >= 4 is 29.3 Å². The zero-order chi connectivity index (χ0) is 17.8. The summed E-state index contributed by atoms with van der Waals surface area (Å²) in [6.45, 7) is 7.20. The summed E-state index contributed by atoms with van der Waals surface area (Å²) in [5, 5.41) is 9.84. The van der Waals surface area contributed by atoms with Crippen LogP contribution in [-0.2, 0) is 16.1 Å². The van der Waals surface area contributed by atoms with E-state index in [1.54, 1.807) is 0 Å². The lowest BCUT2D eigenvalue weighted by atomic mass is 10.2. The zero-order valence-corrected chi connectivity index (χ0v) is 15.9. The van der Waals surface area contributed by atoms with Crippen LogP contribution >= 0.6 is 23.4 Å². The topological polar surface area (TPSA) is 60.2 Å². The van der Waals surface area contributed by atoms with Crippen LogP contribution in [0.25, 0.3) is 11.4 Å². The second kappa shape index (κ2) is 8.21. The molecule has 0 radical (unpaired) electrons. The molecule has 3 rings (SSSR count). The summed E-state index contributed by atoms with van der Waals surface area (Å²) in [5.41, 5.74) is 0.956. The highest BCUT2D eigenvalue weighted by molar-refractivity contribution is 8.00. The number of carbonyl (C=O) groups is 1. The molecule has 2 aromatic rings. The van der Waals surface area contributed by atoms with Gasteiger partial charge in [-0.3, -0.25) is 4.79 Å². The van der Waals surface area contributed by atoms with E-state index >= 15 is 0 Å². The number of hydrogen-bond donors (Lipinski definition) is 0. The third-order valence-corrected chi connectivity index (χ3v) is 5.41. The van der Waals surface area contributed by atoms with Crippen molar-refractivity contribution in [1.29, 1.82) is 0 Å². The van der Waals surface area contributed by atoms with Gasteiger partial charge in [-0.25, -0.2) is 0 Å². The van der Waals surface area contributed by atoms with Gasteiger partial charge in [0.25, 0.3) is 0 Å². The van der Waals surface area contributed by atoms with Gasteiger partial charge in [0, 0.05) is 30.2 Å². The molecule has 0 aliphatic carbocycles. The Morgan fingerprint density at radius 2 is 1.96 bits per heavy atom. The van der Waals surface area contributed by atoms with Crippen LogP contribution in [0.4, 0.5) is 0 Å². The van der Waals surface area contributed by atoms with E-state index in [0.29, 0.717) is 31.3 Å². The van der Waals surface area contributed by atoms with Crippen LogP contribution in [0.1, 0.15) is 13.8 Å². The Morgan fingerprint density at radius 1 is 1.28 bits per heavy atom. The van der Waals surface area contributed by atoms with Gasteiger partial charge in [-0.15, -0.1) is 10.2 Å². The molecule has 1 amide bonds. The summed E-state index contributed by atoms with van der Waals surface area (Å²) < 4.78 is 7.33. The van der Waals surface area contributed by atoms with Crippen LogP contribution in [0.15, 0.2) is 29.4 Å². The number of halogens is 1. The Morgan fingerprint density at radius 3 is 2.60 bits per heavy atom. The minimum atomic E-state index is -0.217. The number of ether oxygens (including phenoxy) is 1. The number of benzene rings is 1. The normalized spacial score (nSPS) is 16.0. The molecule has 1 aliphatic heterocycles. The van der Waals surface area contributed by atoms with E-state index in [0.717, 1.165) is 23.1 Å². The fourth-order valence-electron chi connectivity index (χ4n) is 2.72. The van der Waals surface area contributed by atoms with Gasteiger partial charge in [-0.05, 0) is 38.1 Å². The molecule has 1 fully saturated rings. The predicted octanol–water partition coefficient (Wildman–Crippen LogP) is 2.96. The molecule has 0 N–H and O–H groups in total.